The monoisotopic (exact) mass is 397 g/mol. The molecule has 0 saturated carbocycles. The highest BCUT2D eigenvalue weighted by molar-refractivity contribution is 4.87. The van der Waals surface area contributed by atoms with E-state index in [1.807, 2.05) is 13.8 Å². The largest absolute Gasteiger partial charge is 0.333 e. The fraction of sp³-hybridized carbons (Fsp3) is 0.778. The number of hydrogen-bond acceptors (Lipinski definition) is 1. The Balaban J connectivity index is -0.000000113. The summed E-state index contributed by atoms with van der Waals surface area (Å²) in [4.78, 5) is 0. The van der Waals surface area contributed by atoms with Crippen molar-refractivity contribution in [1.29, 1.82) is 0 Å². The second-order valence-corrected chi connectivity index (χ2v) is 6.30. The Morgan fingerprint density at radius 1 is 0.714 bits per heavy atom. The van der Waals surface area contributed by atoms with E-state index in [9.17, 15) is 0 Å². The molecule has 0 aliphatic carbocycles. The van der Waals surface area contributed by atoms with E-state index in [4.69, 9.17) is 0 Å². The van der Waals surface area contributed by atoms with Crippen LogP contribution in [-0.2, 0) is 0 Å². The van der Waals surface area contributed by atoms with Crippen molar-refractivity contribution in [1.82, 2.24) is 0 Å². The smallest absolute Gasteiger partial charge is 0.0195 e. The van der Waals surface area contributed by atoms with E-state index in [1.54, 1.807) is 0 Å². The van der Waals surface area contributed by atoms with Crippen LogP contribution in [0.25, 0.3) is 0 Å². The van der Waals surface area contributed by atoms with Crippen molar-refractivity contribution >= 4 is 0 Å². The van der Waals surface area contributed by atoms with E-state index in [2.05, 4.69) is 77.8 Å². The first kappa shape index (κ1) is 37.9. The van der Waals surface area contributed by atoms with Crippen LogP contribution in [0.1, 0.15) is 126 Å². The third kappa shape index (κ3) is 49.9. The molecule has 0 aliphatic heterocycles. The van der Waals surface area contributed by atoms with Gasteiger partial charge >= 0.3 is 0 Å². The zero-order valence-corrected chi connectivity index (χ0v) is 21.4. The molecule has 0 unspecified atom stereocenters. The van der Waals surface area contributed by atoms with Gasteiger partial charge < -0.3 is 5.73 Å². The molecule has 1 nitrogen and oxygen atoms in total. The van der Waals surface area contributed by atoms with Gasteiger partial charge in [0.2, 0.25) is 0 Å². The molecule has 1 heteroatoms. The molecule has 1 atom stereocenters. The number of unbranched alkanes of at least 4 members (excludes halogenated alkanes) is 7. The van der Waals surface area contributed by atoms with Gasteiger partial charge in [-0.3, -0.25) is 0 Å². The summed E-state index contributed by atoms with van der Waals surface area (Å²) in [6.07, 6.45) is 25.4. The van der Waals surface area contributed by atoms with Crippen LogP contribution in [0.2, 0.25) is 0 Å². The number of hydrogen-bond donors (Lipinski definition) is 1. The highest BCUT2D eigenvalue weighted by Crippen LogP contribution is 2.14. The lowest BCUT2D eigenvalue weighted by atomic mass is 9.98. The lowest BCUT2D eigenvalue weighted by molar-refractivity contribution is 0.538. The molecule has 0 aromatic carbocycles. The average Bonchev–Trinajstić information content (AvgIpc) is 2.78. The summed E-state index contributed by atoms with van der Waals surface area (Å²) in [5.74, 6) is 0.844. The Hall–Kier alpha value is -0.820. The summed E-state index contributed by atoms with van der Waals surface area (Å²) in [6.45, 7) is 21.1. The van der Waals surface area contributed by atoms with E-state index < -0.39 is 0 Å². The number of nitrogens with two attached hydrogens (primary N) is 1. The molecule has 0 saturated heterocycles. The average molecular weight is 398 g/mol. The Labute approximate surface area is 182 Å². The normalized spacial score (nSPS) is 10.5. The summed E-state index contributed by atoms with van der Waals surface area (Å²) in [6, 6.07) is 0. The molecule has 0 aromatic heterocycles. The third-order valence-corrected chi connectivity index (χ3v) is 4.05. The van der Waals surface area contributed by atoms with Crippen molar-refractivity contribution in [2.45, 2.75) is 126 Å². The first-order valence-electron chi connectivity index (χ1n) is 12.1. The van der Waals surface area contributed by atoms with Crippen LogP contribution in [0.4, 0.5) is 0 Å². The first-order valence-corrected chi connectivity index (χ1v) is 12.1. The van der Waals surface area contributed by atoms with Crippen molar-refractivity contribution in [2.75, 3.05) is 7.05 Å². The fourth-order valence-corrected chi connectivity index (χ4v) is 2.37. The van der Waals surface area contributed by atoms with Crippen LogP contribution in [0.3, 0.4) is 0 Å². The van der Waals surface area contributed by atoms with Gasteiger partial charge in [0.25, 0.3) is 0 Å². The van der Waals surface area contributed by atoms with Gasteiger partial charge in [-0.15, -0.1) is 13.2 Å². The van der Waals surface area contributed by atoms with Crippen LogP contribution in [-0.4, -0.2) is 7.05 Å². The molecule has 0 aliphatic rings. The molecule has 0 bridgehead atoms. The molecular formula is C27H59N. The van der Waals surface area contributed by atoms with Crippen LogP contribution in [0.15, 0.2) is 37.5 Å². The van der Waals surface area contributed by atoms with Crippen LogP contribution >= 0.6 is 0 Å². The minimum Gasteiger partial charge on any atom is -0.333 e. The third-order valence-electron chi connectivity index (χ3n) is 4.05. The molecule has 28 heavy (non-hydrogen) atoms. The number of allylic oxidation sites excluding steroid dienone is 4. The van der Waals surface area contributed by atoms with E-state index in [1.165, 1.54) is 84.1 Å². The SMILES string of the molecule is C=C.CC.CC=CCCCC.CCCCCC/C=C/[C@@H](CC)CCCC.CN. The van der Waals surface area contributed by atoms with Gasteiger partial charge in [-0.2, -0.15) is 0 Å². The lowest BCUT2D eigenvalue weighted by Gasteiger charge is -2.08. The van der Waals surface area contributed by atoms with Crippen molar-refractivity contribution in [3.05, 3.63) is 37.5 Å². The molecule has 0 fully saturated rings. The van der Waals surface area contributed by atoms with Crippen molar-refractivity contribution in [3.63, 3.8) is 0 Å². The van der Waals surface area contributed by atoms with E-state index in [0.717, 1.165) is 5.92 Å². The minimum atomic E-state index is 0.844. The quantitative estimate of drug-likeness (QED) is 0.243. The fourth-order valence-electron chi connectivity index (χ4n) is 2.37. The zero-order chi connectivity index (χ0) is 22.9. The van der Waals surface area contributed by atoms with Gasteiger partial charge in [0.15, 0.2) is 0 Å². The summed E-state index contributed by atoms with van der Waals surface area (Å²) >= 11 is 0. The summed E-state index contributed by atoms with van der Waals surface area (Å²) in [7, 11) is 1.50. The van der Waals surface area contributed by atoms with Gasteiger partial charge in [-0.1, -0.05) is 111 Å². The summed E-state index contributed by atoms with van der Waals surface area (Å²) in [5, 5.41) is 0. The molecule has 0 radical (unpaired) electrons. The highest BCUT2D eigenvalue weighted by Gasteiger charge is 1.99. The van der Waals surface area contributed by atoms with Gasteiger partial charge in [0, 0.05) is 0 Å². The van der Waals surface area contributed by atoms with Crippen LogP contribution in [0.5, 0.6) is 0 Å². The second-order valence-electron chi connectivity index (χ2n) is 6.30. The van der Waals surface area contributed by atoms with Gasteiger partial charge in [-0.05, 0) is 52.0 Å². The Kier molecular flexibility index (Phi) is 67.9. The van der Waals surface area contributed by atoms with Crippen molar-refractivity contribution in [2.24, 2.45) is 11.7 Å². The van der Waals surface area contributed by atoms with Gasteiger partial charge in [-0.25, -0.2) is 0 Å². The lowest BCUT2D eigenvalue weighted by Crippen LogP contribution is -1.93. The molecule has 2 N–H and O–H groups in total. The van der Waals surface area contributed by atoms with Gasteiger partial charge in [0.05, 0.1) is 0 Å². The first-order chi connectivity index (χ1) is 13.8. The number of rotatable bonds is 13. The summed E-state index contributed by atoms with van der Waals surface area (Å²) < 4.78 is 0. The predicted octanol–water partition coefficient (Wildman–Crippen LogP) is 9.89. The molecule has 0 heterocycles. The van der Waals surface area contributed by atoms with Crippen molar-refractivity contribution in [3.8, 4) is 0 Å². The predicted molar refractivity (Wildman–Crippen MR) is 138 cm³/mol. The van der Waals surface area contributed by atoms with E-state index >= 15 is 0 Å². The topological polar surface area (TPSA) is 26.0 Å². The maximum Gasteiger partial charge on any atom is -0.0195 e. The Morgan fingerprint density at radius 3 is 1.64 bits per heavy atom. The molecule has 172 valence electrons. The maximum atomic E-state index is 4.50. The molecule has 0 rings (SSSR count). The molecular weight excluding hydrogens is 338 g/mol. The summed E-state index contributed by atoms with van der Waals surface area (Å²) in [5.41, 5.74) is 4.50. The molecule has 0 aromatic rings. The highest BCUT2D eigenvalue weighted by atomic mass is 14.4. The molecule has 0 spiro atoms. The maximum absolute atomic E-state index is 4.50. The Bertz CT molecular complexity index is 243. The molecule has 0 amide bonds. The van der Waals surface area contributed by atoms with Crippen LogP contribution < -0.4 is 5.73 Å². The van der Waals surface area contributed by atoms with Crippen LogP contribution in [0, 0.1) is 5.92 Å². The second kappa shape index (κ2) is 50.2. The van der Waals surface area contributed by atoms with Crippen molar-refractivity contribution < 1.29 is 0 Å². The zero-order valence-electron chi connectivity index (χ0n) is 21.4. The standard InChI is InChI=1S/C15H30.C7H14.C2H6.C2H4.CH5N/c1-4-7-9-10-11-12-14-15(6-3)13-8-5-2;1-3-5-7-6-4-2;3*1-2/h12,14-15H,4-11,13H2,1-3H3;3,5H,4,6-7H2,1-2H3;1-2H3;1-2H2;2H2,1H3/b14-12+;;;;/t15-;;;;/m0..../s1. The minimum absolute atomic E-state index is 0.844. The van der Waals surface area contributed by atoms with E-state index in [0.29, 0.717) is 0 Å². The van der Waals surface area contributed by atoms with Gasteiger partial charge in [0.1, 0.15) is 0 Å². The van der Waals surface area contributed by atoms with E-state index in [-0.39, 0.29) is 0 Å². The Morgan fingerprint density at radius 2 is 1.21 bits per heavy atom.